The molecule has 4 nitrogen and oxygen atoms in total. The molecular formula is C14H18O4. The van der Waals surface area contributed by atoms with E-state index in [1.165, 1.54) is 13.0 Å². The highest BCUT2D eigenvalue weighted by Crippen LogP contribution is 2.43. The van der Waals surface area contributed by atoms with Gasteiger partial charge in [0.15, 0.2) is 11.5 Å². The minimum Gasteiger partial charge on any atom is -0.504 e. The van der Waals surface area contributed by atoms with Gasteiger partial charge in [0.2, 0.25) is 5.75 Å². The van der Waals surface area contributed by atoms with Crippen LogP contribution in [0.25, 0.3) is 0 Å². The second kappa shape index (κ2) is 4.72. The molecule has 0 aromatic heterocycles. The van der Waals surface area contributed by atoms with Gasteiger partial charge in [0.05, 0.1) is 0 Å². The minimum atomic E-state index is -0.638. The van der Waals surface area contributed by atoms with E-state index in [9.17, 15) is 15.0 Å². The first-order valence-corrected chi connectivity index (χ1v) is 5.57. The van der Waals surface area contributed by atoms with Gasteiger partial charge in [0.25, 0.3) is 0 Å². The third kappa shape index (κ3) is 2.83. The molecule has 2 N–H and O–H groups in total. The van der Waals surface area contributed by atoms with Gasteiger partial charge in [-0.25, -0.2) is 4.79 Å². The van der Waals surface area contributed by atoms with Crippen LogP contribution in [-0.2, 0) is 10.2 Å². The van der Waals surface area contributed by atoms with Crippen LogP contribution in [0.3, 0.4) is 0 Å². The fourth-order valence-electron chi connectivity index (χ4n) is 1.43. The quantitative estimate of drug-likeness (QED) is 0.366. The largest absolute Gasteiger partial charge is 0.504 e. The summed E-state index contributed by atoms with van der Waals surface area (Å²) >= 11 is 0. The predicted octanol–water partition coefficient (Wildman–Crippen LogP) is 2.88. The molecule has 0 aliphatic heterocycles. The van der Waals surface area contributed by atoms with Crippen molar-refractivity contribution in [2.24, 2.45) is 0 Å². The molecule has 4 heteroatoms. The fourth-order valence-corrected chi connectivity index (χ4v) is 1.43. The molecule has 0 heterocycles. The maximum Gasteiger partial charge on any atom is 0.338 e. The van der Waals surface area contributed by atoms with Crippen LogP contribution < -0.4 is 4.74 Å². The van der Waals surface area contributed by atoms with Crippen molar-refractivity contribution in [3.05, 3.63) is 29.8 Å². The Morgan fingerprint density at radius 1 is 1.28 bits per heavy atom. The standard InChI is InChI=1S/C14H18O4/c1-8(2)13(17)18-12-9(14(3,4)5)6-7-10(15)11(12)16/h6-7,15-16H,1H2,2-5H3. The van der Waals surface area contributed by atoms with Crippen molar-refractivity contribution in [1.82, 2.24) is 0 Å². The smallest absolute Gasteiger partial charge is 0.338 e. The van der Waals surface area contributed by atoms with E-state index in [1.54, 1.807) is 6.07 Å². The number of phenols is 2. The SMILES string of the molecule is C=C(C)C(=O)Oc1c(C(C)(C)C)ccc(O)c1O. The maximum atomic E-state index is 11.5. The van der Waals surface area contributed by atoms with Gasteiger partial charge in [-0.3, -0.25) is 0 Å². The number of phenolic OH excluding ortho intramolecular Hbond substituents is 2. The molecule has 0 aliphatic carbocycles. The molecule has 0 bridgehead atoms. The van der Waals surface area contributed by atoms with Crippen molar-refractivity contribution >= 4 is 5.97 Å². The Labute approximate surface area is 107 Å². The molecule has 98 valence electrons. The molecule has 0 unspecified atom stereocenters. The van der Waals surface area contributed by atoms with E-state index in [0.717, 1.165) is 0 Å². The lowest BCUT2D eigenvalue weighted by molar-refractivity contribution is -0.130. The summed E-state index contributed by atoms with van der Waals surface area (Å²) < 4.78 is 5.10. The van der Waals surface area contributed by atoms with Crippen LogP contribution in [0.4, 0.5) is 0 Å². The van der Waals surface area contributed by atoms with Crippen molar-refractivity contribution in [3.8, 4) is 17.2 Å². The number of aromatic hydroxyl groups is 2. The molecule has 0 radical (unpaired) electrons. The monoisotopic (exact) mass is 250 g/mol. The second-order valence-electron chi connectivity index (χ2n) is 5.23. The molecule has 0 aliphatic rings. The Morgan fingerprint density at radius 2 is 1.83 bits per heavy atom. The van der Waals surface area contributed by atoms with E-state index in [1.807, 2.05) is 20.8 Å². The lowest BCUT2D eigenvalue weighted by Gasteiger charge is -2.23. The zero-order chi connectivity index (χ0) is 14.1. The number of carbonyl (C=O) groups excluding carboxylic acids is 1. The van der Waals surface area contributed by atoms with Gasteiger partial charge >= 0.3 is 5.97 Å². The summed E-state index contributed by atoms with van der Waals surface area (Å²) in [7, 11) is 0. The van der Waals surface area contributed by atoms with E-state index < -0.39 is 11.7 Å². The molecule has 0 fully saturated rings. The van der Waals surface area contributed by atoms with Crippen molar-refractivity contribution in [1.29, 1.82) is 0 Å². The number of benzene rings is 1. The fraction of sp³-hybridized carbons (Fsp3) is 0.357. The maximum absolute atomic E-state index is 11.5. The lowest BCUT2D eigenvalue weighted by atomic mass is 9.86. The predicted molar refractivity (Wildman–Crippen MR) is 68.9 cm³/mol. The van der Waals surface area contributed by atoms with Crippen LogP contribution in [0.2, 0.25) is 0 Å². The third-order valence-corrected chi connectivity index (χ3v) is 2.46. The van der Waals surface area contributed by atoms with Gasteiger partial charge in [0.1, 0.15) is 0 Å². The van der Waals surface area contributed by atoms with Crippen molar-refractivity contribution in [2.45, 2.75) is 33.1 Å². The Hall–Kier alpha value is -1.97. The van der Waals surface area contributed by atoms with Gasteiger partial charge < -0.3 is 14.9 Å². The van der Waals surface area contributed by atoms with Gasteiger partial charge in [-0.1, -0.05) is 33.4 Å². The van der Waals surface area contributed by atoms with Crippen molar-refractivity contribution in [3.63, 3.8) is 0 Å². The molecule has 0 saturated carbocycles. The number of esters is 1. The van der Waals surface area contributed by atoms with E-state index >= 15 is 0 Å². The third-order valence-electron chi connectivity index (χ3n) is 2.46. The molecule has 0 spiro atoms. The molecule has 0 atom stereocenters. The van der Waals surface area contributed by atoms with E-state index in [2.05, 4.69) is 6.58 Å². The molecule has 1 aromatic carbocycles. The van der Waals surface area contributed by atoms with E-state index in [-0.39, 0.29) is 22.5 Å². The summed E-state index contributed by atoms with van der Waals surface area (Å²) in [5, 5.41) is 19.3. The normalized spacial score (nSPS) is 11.1. The number of hydrogen-bond acceptors (Lipinski definition) is 4. The van der Waals surface area contributed by atoms with Crippen LogP contribution in [0.15, 0.2) is 24.3 Å². The van der Waals surface area contributed by atoms with Crippen LogP contribution in [0.5, 0.6) is 17.2 Å². The number of carbonyl (C=O) groups is 1. The molecule has 1 aromatic rings. The molecular weight excluding hydrogens is 232 g/mol. The van der Waals surface area contributed by atoms with Crippen LogP contribution >= 0.6 is 0 Å². The summed E-state index contributed by atoms with van der Waals surface area (Å²) in [4.78, 5) is 11.5. The highest BCUT2D eigenvalue weighted by atomic mass is 16.5. The van der Waals surface area contributed by atoms with Gasteiger partial charge in [-0.2, -0.15) is 0 Å². The minimum absolute atomic E-state index is 0.0181. The molecule has 0 amide bonds. The first-order chi connectivity index (χ1) is 8.14. The van der Waals surface area contributed by atoms with Crippen LogP contribution in [-0.4, -0.2) is 16.2 Å². The van der Waals surface area contributed by atoms with Crippen molar-refractivity contribution < 1.29 is 19.7 Å². The van der Waals surface area contributed by atoms with E-state index in [0.29, 0.717) is 5.56 Å². The summed E-state index contributed by atoms with van der Waals surface area (Å²) in [6.45, 7) is 10.7. The lowest BCUT2D eigenvalue weighted by Crippen LogP contribution is -2.16. The van der Waals surface area contributed by atoms with Gasteiger partial charge in [-0.05, 0) is 18.4 Å². The number of hydrogen-bond donors (Lipinski definition) is 2. The zero-order valence-corrected chi connectivity index (χ0v) is 11.1. The molecule has 1 rings (SSSR count). The van der Waals surface area contributed by atoms with Crippen molar-refractivity contribution in [2.75, 3.05) is 0 Å². The topological polar surface area (TPSA) is 66.8 Å². The first-order valence-electron chi connectivity index (χ1n) is 5.57. The van der Waals surface area contributed by atoms with E-state index in [4.69, 9.17) is 4.74 Å². The molecule has 0 saturated heterocycles. The van der Waals surface area contributed by atoms with Crippen LogP contribution in [0.1, 0.15) is 33.3 Å². The zero-order valence-electron chi connectivity index (χ0n) is 11.1. The summed E-state index contributed by atoms with van der Waals surface area (Å²) in [6, 6.07) is 2.99. The Kier molecular flexibility index (Phi) is 3.70. The number of rotatable bonds is 2. The summed E-state index contributed by atoms with van der Waals surface area (Å²) in [6.07, 6.45) is 0. The Morgan fingerprint density at radius 3 is 2.28 bits per heavy atom. The number of ether oxygens (including phenoxy) is 1. The Bertz CT molecular complexity index is 495. The first kappa shape index (κ1) is 14.1. The second-order valence-corrected chi connectivity index (χ2v) is 5.23. The highest BCUT2D eigenvalue weighted by Gasteiger charge is 2.25. The highest BCUT2D eigenvalue weighted by molar-refractivity contribution is 5.89. The average Bonchev–Trinajstić information content (AvgIpc) is 2.22. The molecule has 18 heavy (non-hydrogen) atoms. The Balaban J connectivity index is 3.34. The average molecular weight is 250 g/mol. The van der Waals surface area contributed by atoms with Gasteiger partial charge in [0, 0.05) is 11.1 Å². The summed E-state index contributed by atoms with van der Waals surface area (Å²) in [5.41, 5.74) is 0.514. The van der Waals surface area contributed by atoms with Gasteiger partial charge in [-0.15, -0.1) is 0 Å². The summed E-state index contributed by atoms with van der Waals surface area (Å²) in [5.74, 6) is -1.42. The van der Waals surface area contributed by atoms with Crippen LogP contribution in [0, 0.1) is 0 Å².